The predicted octanol–water partition coefficient (Wildman–Crippen LogP) is 2.37. The molecule has 2 aliphatic rings. The van der Waals surface area contributed by atoms with Gasteiger partial charge < -0.3 is 0 Å². The molecule has 0 saturated carbocycles. The van der Waals surface area contributed by atoms with Gasteiger partial charge in [0.15, 0.2) is 0 Å². The largest absolute Gasteiger partial charge is 0.297 e. The number of likely N-dealkylation sites (tertiary alicyclic amines) is 1. The van der Waals surface area contributed by atoms with Crippen molar-refractivity contribution in [3.8, 4) is 0 Å². The van der Waals surface area contributed by atoms with Crippen molar-refractivity contribution in [3.05, 3.63) is 29.3 Å². The summed E-state index contributed by atoms with van der Waals surface area (Å²) in [6.45, 7) is 4.61. The first kappa shape index (κ1) is 15.5. The monoisotopic (exact) mass is 351 g/mol. The Labute approximate surface area is 140 Å². The molecule has 4 rings (SSSR count). The normalized spacial score (nSPS) is 29.3. The number of rotatable bonds is 2. The standard InChI is InChI=1S/C16H21N3O2S2/c1-11(12-2-3-15-14(8-12)17-10-22-15)19-6-4-13-9-18-23(20,21)16(13)5-7-19/h2-3,8,10-11,13,16,18H,4-7,9H2,1H3. The third-order valence-corrected chi connectivity index (χ3v) is 8.14. The molecular weight excluding hydrogens is 330 g/mol. The molecule has 7 heteroatoms. The number of nitrogens with zero attached hydrogens (tertiary/aromatic N) is 2. The molecule has 23 heavy (non-hydrogen) atoms. The molecule has 1 aromatic carbocycles. The highest BCUT2D eigenvalue weighted by molar-refractivity contribution is 7.90. The Kier molecular flexibility index (Phi) is 3.91. The van der Waals surface area contributed by atoms with E-state index < -0.39 is 10.0 Å². The minimum atomic E-state index is -3.09. The van der Waals surface area contributed by atoms with Crippen molar-refractivity contribution in [2.24, 2.45) is 5.92 Å². The summed E-state index contributed by atoms with van der Waals surface area (Å²) in [6, 6.07) is 6.77. The molecule has 3 heterocycles. The molecule has 2 aromatic rings. The molecule has 2 aliphatic heterocycles. The Bertz CT molecular complexity index is 818. The maximum Gasteiger partial charge on any atom is 0.214 e. The third kappa shape index (κ3) is 2.80. The van der Waals surface area contributed by atoms with Crippen molar-refractivity contribution in [2.45, 2.75) is 31.1 Å². The summed E-state index contributed by atoms with van der Waals surface area (Å²) in [6.07, 6.45) is 1.67. The number of fused-ring (bicyclic) bond motifs is 2. The van der Waals surface area contributed by atoms with Gasteiger partial charge in [-0.1, -0.05) is 6.07 Å². The molecule has 0 radical (unpaired) electrons. The smallest absolute Gasteiger partial charge is 0.214 e. The topological polar surface area (TPSA) is 62.3 Å². The molecule has 3 unspecified atom stereocenters. The molecule has 124 valence electrons. The molecule has 3 atom stereocenters. The molecule has 0 amide bonds. The van der Waals surface area contributed by atoms with E-state index in [2.05, 4.69) is 39.7 Å². The van der Waals surface area contributed by atoms with Gasteiger partial charge in [0.25, 0.3) is 0 Å². The average molecular weight is 351 g/mol. The van der Waals surface area contributed by atoms with E-state index in [0.717, 1.165) is 31.4 Å². The highest BCUT2D eigenvalue weighted by Crippen LogP contribution is 2.32. The van der Waals surface area contributed by atoms with Crippen molar-refractivity contribution in [1.82, 2.24) is 14.6 Å². The quantitative estimate of drug-likeness (QED) is 0.902. The molecule has 0 bridgehead atoms. The van der Waals surface area contributed by atoms with Gasteiger partial charge in [0.2, 0.25) is 10.0 Å². The van der Waals surface area contributed by atoms with Crippen molar-refractivity contribution < 1.29 is 8.42 Å². The zero-order valence-electron chi connectivity index (χ0n) is 13.1. The molecule has 2 saturated heterocycles. The zero-order valence-corrected chi connectivity index (χ0v) is 14.7. The Balaban J connectivity index is 1.54. The summed E-state index contributed by atoms with van der Waals surface area (Å²) >= 11 is 1.66. The number of nitrogens with one attached hydrogen (secondary N) is 1. The van der Waals surface area contributed by atoms with Crippen molar-refractivity contribution in [1.29, 1.82) is 0 Å². The van der Waals surface area contributed by atoms with Crippen LogP contribution in [0, 0.1) is 5.92 Å². The van der Waals surface area contributed by atoms with Crippen LogP contribution in [0.1, 0.15) is 31.4 Å². The van der Waals surface area contributed by atoms with Crippen molar-refractivity contribution in [3.63, 3.8) is 0 Å². The molecule has 0 spiro atoms. The highest BCUT2D eigenvalue weighted by Gasteiger charge is 2.41. The van der Waals surface area contributed by atoms with Gasteiger partial charge in [0, 0.05) is 19.1 Å². The van der Waals surface area contributed by atoms with E-state index in [1.54, 1.807) is 11.3 Å². The fourth-order valence-electron chi connectivity index (χ4n) is 3.86. The fourth-order valence-corrected chi connectivity index (χ4v) is 6.34. The van der Waals surface area contributed by atoms with E-state index in [9.17, 15) is 8.42 Å². The van der Waals surface area contributed by atoms with E-state index >= 15 is 0 Å². The van der Waals surface area contributed by atoms with Crippen LogP contribution >= 0.6 is 11.3 Å². The number of benzene rings is 1. The van der Waals surface area contributed by atoms with Gasteiger partial charge in [-0.3, -0.25) is 4.90 Å². The Hall–Kier alpha value is -1.02. The van der Waals surface area contributed by atoms with Crippen LogP contribution in [-0.2, 0) is 10.0 Å². The number of hydrogen-bond acceptors (Lipinski definition) is 5. The van der Waals surface area contributed by atoms with Gasteiger partial charge in [-0.25, -0.2) is 18.1 Å². The van der Waals surface area contributed by atoms with Gasteiger partial charge in [0.1, 0.15) is 0 Å². The molecule has 1 aromatic heterocycles. The lowest BCUT2D eigenvalue weighted by Gasteiger charge is -2.28. The van der Waals surface area contributed by atoms with E-state index in [0.29, 0.717) is 6.54 Å². The van der Waals surface area contributed by atoms with Crippen LogP contribution in [0.5, 0.6) is 0 Å². The lowest BCUT2D eigenvalue weighted by Crippen LogP contribution is -2.30. The van der Waals surface area contributed by atoms with E-state index in [-0.39, 0.29) is 17.2 Å². The summed E-state index contributed by atoms with van der Waals surface area (Å²) in [5.74, 6) is 0.262. The van der Waals surface area contributed by atoms with Gasteiger partial charge in [-0.15, -0.1) is 11.3 Å². The number of thiazole rings is 1. The maximum absolute atomic E-state index is 12.1. The van der Waals surface area contributed by atoms with E-state index in [1.165, 1.54) is 10.3 Å². The lowest BCUT2D eigenvalue weighted by atomic mass is 10.0. The van der Waals surface area contributed by atoms with Crippen LogP contribution in [0.2, 0.25) is 0 Å². The summed E-state index contributed by atoms with van der Waals surface area (Å²) in [5.41, 5.74) is 4.19. The highest BCUT2D eigenvalue weighted by atomic mass is 32.2. The van der Waals surface area contributed by atoms with Crippen LogP contribution < -0.4 is 4.72 Å². The number of hydrogen-bond donors (Lipinski definition) is 1. The number of sulfonamides is 1. The van der Waals surface area contributed by atoms with E-state index in [4.69, 9.17) is 0 Å². The summed E-state index contributed by atoms with van der Waals surface area (Å²) in [5, 5.41) is -0.208. The van der Waals surface area contributed by atoms with Crippen LogP contribution in [0.4, 0.5) is 0 Å². The van der Waals surface area contributed by atoms with Crippen LogP contribution in [0.15, 0.2) is 23.7 Å². The van der Waals surface area contributed by atoms with Crippen molar-refractivity contribution >= 4 is 31.6 Å². The van der Waals surface area contributed by atoms with Crippen LogP contribution in [-0.4, -0.2) is 43.2 Å². The second-order valence-corrected chi connectivity index (χ2v) is 9.43. The van der Waals surface area contributed by atoms with Crippen LogP contribution in [0.3, 0.4) is 0 Å². The van der Waals surface area contributed by atoms with Crippen molar-refractivity contribution in [2.75, 3.05) is 19.6 Å². The average Bonchev–Trinajstić information content (AvgIpc) is 3.03. The first-order valence-corrected chi connectivity index (χ1v) is 10.5. The lowest BCUT2D eigenvalue weighted by molar-refractivity contribution is 0.216. The maximum atomic E-state index is 12.1. The van der Waals surface area contributed by atoms with Gasteiger partial charge in [-0.05, 0) is 49.9 Å². The fraction of sp³-hybridized carbons (Fsp3) is 0.562. The first-order chi connectivity index (χ1) is 11.0. The SMILES string of the molecule is CC(c1ccc2scnc2c1)N1CCC2CNS(=O)(=O)C2CC1. The molecule has 1 N–H and O–H groups in total. The Morgan fingerprint density at radius 3 is 3.04 bits per heavy atom. The van der Waals surface area contributed by atoms with Gasteiger partial charge in [-0.2, -0.15) is 0 Å². The first-order valence-electron chi connectivity index (χ1n) is 8.10. The Morgan fingerprint density at radius 1 is 1.35 bits per heavy atom. The Morgan fingerprint density at radius 2 is 2.17 bits per heavy atom. The summed E-state index contributed by atoms with van der Waals surface area (Å²) < 4.78 is 28.1. The van der Waals surface area contributed by atoms with E-state index in [1.807, 2.05) is 5.51 Å². The molecule has 0 aliphatic carbocycles. The van der Waals surface area contributed by atoms with Gasteiger partial charge >= 0.3 is 0 Å². The third-order valence-electron chi connectivity index (χ3n) is 5.34. The summed E-state index contributed by atoms with van der Waals surface area (Å²) in [4.78, 5) is 6.82. The zero-order chi connectivity index (χ0) is 16.0. The number of aromatic nitrogens is 1. The molecular formula is C16H21N3O2S2. The minimum absolute atomic E-state index is 0.208. The summed E-state index contributed by atoms with van der Waals surface area (Å²) in [7, 11) is -3.09. The minimum Gasteiger partial charge on any atom is -0.297 e. The van der Waals surface area contributed by atoms with Gasteiger partial charge in [0.05, 0.1) is 21.0 Å². The second-order valence-electron chi connectivity index (χ2n) is 6.56. The second kappa shape index (κ2) is 5.81. The predicted molar refractivity (Wildman–Crippen MR) is 93.0 cm³/mol. The molecule has 5 nitrogen and oxygen atoms in total. The molecule has 2 fully saturated rings. The van der Waals surface area contributed by atoms with Crippen LogP contribution in [0.25, 0.3) is 10.2 Å².